The zero-order valence-corrected chi connectivity index (χ0v) is 14.6. The lowest BCUT2D eigenvalue weighted by atomic mass is 10.2. The number of carbonyl (C=O) groups is 2. The van der Waals surface area contributed by atoms with Gasteiger partial charge in [0.25, 0.3) is 0 Å². The third-order valence-corrected chi connectivity index (χ3v) is 3.76. The summed E-state index contributed by atoms with van der Waals surface area (Å²) in [4.78, 5) is 25.2. The van der Waals surface area contributed by atoms with E-state index < -0.39 is 5.82 Å². The zero-order valence-electron chi connectivity index (χ0n) is 13.9. The van der Waals surface area contributed by atoms with Crippen molar-refractivity contribution >= 4 is 34.8 Å². The molecule has 0 fully saturated rings. The van der Waals surface area contributed by atoms with Gasteiger partial charge in [-0.15, -0.1) is 0 Å². The predicted octanol–water partition coefficient (Wildman–Crippen LogP) is 3.87. The molecule has 2 amide bonds. The predicted molar refractivity (Wildman–Crippen MR) is 95.7 cm³/mol. The molecule has 0 radical (unpaired) electrons. The smallest absolute Gasteiger partial charge is 0.226 e. The molecule has 0 bridgehead atoms. The highest BCUT2D eigenvalue weighted by molar-refractivity contribution is 6.31. The number of para-hydroxylation sites is 1. The third-order valence-electron chi connectivity index (χ3n) is 3.52. The number of benzene rings is 2. The van der Waals surface area contributed by atoms with Crippen molar-refractivity contribution in [2.75, 3.05) is 23.9 Å². The molecule has 0 saturated carbocycles. The maximum atomic E-state index is 13.9. The Morgan fingerprint density at radius 3 is 2.60 bits per heavy atom. The minimum Gasteiger partial charge on any atom is -0.495 e. The van der Waals surface area contributed by atoms with Crippen LogP contribution in [-0.4, -0.2) is 25.5 Å². The normalized spacial score (nSPS) is 10.2. The Balaban J connectivity index is 2.06. The first kappa shape index (κ1) is 18.7. The minimum atomic E-state index is -0.519. The van der Waals surface area contributed by atoms with Crippen molar-refractivity contribution in [3.05, 3.63) is 53.3 Å². The number of nitrogens with zero attached hydrogens (tertiary/aromatic N) is 1. The van der Waals surface area contributed by atoms with E-state index in [1.165, 1.54) is 37.1 Å². The summed E-state index contributed by atoms with van der Waals surface area (Å²) in [5.41, 5.74) is 0.573. The highest BCUT2D eigenvalue weighted by Gasteiger charge is 2.17. The SMILES string of the molecule is COc1ccc(Cl)cc1NC(=O)CCN(C(C)=O)c1ccccc1F. The van der Waals surface area contributed by atoms with Crippen LogP contribution in [0, 0.1) is 5.82 Å². The van der Waals surface area contributed by atoms with Gasteiger partial charge in [0.2, 0.25) is 11.8 Å². The first-order valence-corrected chi connectivity index (χ1v) is 7.96. The molecule has 0 saturated heterocycles. The first-order chi connectivity index (χ1) is 11.9. The molecule has 0 heterocycles. The van der Waals surface area contributed by atoms with Crippen molar-refractivity contribution in [2.45, 2.75) is 13.3 Å². The van der Waals surface area contributed by atoms with Crippen LogP contribution in [0.2, 0.25) is 5.02 Å². The maximum absolute atomic E-state index is 13.9. The topological polar surface area (TPSA) is 58.6 Å². The Morgan fingerprint density at radius 2 is 1.96 bits per heavy atom. The molecule has 0 aliphatic heterocycles. The van der Waals surface area contributed by atoms with E-state index in [2.05, 4.69) is 5.32 Å². The quantitative estimate of drug-likeness (QED) is 0.846. The van der Waals surface area contributed by atoms with E-state index >= 15 is 0 Å². The fraction of sp³-hybridized carbons (Fsp3) is 0.222. The van der Waals surface area contributed by atoms with Crippen molar-refractivity contribution in [2.24, 2.45) is 0 Å². The number of nitrogens with one attached hydrogen (secondary N) is 1. The molecular formula is C18H18ClFN2O3. The van der Waals surface area contributed by atoms with E-state index in [-0.39, 0.29) is 30.5 Å². The van der Waals surface area contributed by atoms with E-state index in [0.29, 0.717) is 16.5 Å². The highest BCUT2D eigenvalue weighted by atomic mass is 35.5. The molecule has 0 unspecified atom stereocenters. The van der Waals surface area contributed by atoms with Gasteiger partial charge in [-0.1, -0.05) is 23.7 Å². The van der Waals surface area contributed by atoms with Gasteiger partial charge in [0.05, 0.1) is 18.5 Å². The second kappa shape index (κ2) is 8.48. The van der Waals surface area contributed by atoms with Gasteiger partial charge in [-0.25, -0.2) is 4.39 Å². The van der Waals surface area contributed by atoms with Gasteiger partial charge < -0.3 is 15.0 Å². The Bertz CT molecular complexity index is 783. The maximum Gasteiger partial charge on any atom is 0.226 e. The summed E-state index contributed by atoms with van der Waals surface area (Å²) in [6.07, 6.45) is -0.0103. The third kappa shape index (κ3) is 4.93. The molecule has 2 aromatic carbocycles. The molecule has 0 aliphatic carbocycles. The summed E-state index contributed by atoms with van der Waals surface area (Å²) in [6, 6.07) is 10.8. The first-order valence-electron chi connectivity index (χ1n) is 7.58. The zero-order chi connectivity index (χ0) is 18.4. The molecule has 2 rings (SSSR count). The molecule has 0 spiro atoms. The highest BCUT2D eigenvalue weighted by Crippen LogP contribution is 2.28. The van der Waals surface area contributed by atoms with Crippen molar-refractivity contribution in [3.63, 3.8) is 0 Å². The molecule has 0 atom stereocenters. The van der Waals surface area contributed by atoms with Crippen molar-refractivity contribution in [1.82, 2.24) is 0 Å². The lowest BCUT2D eigenvalue weighted by Gasteiger charge is -2.21. The number of ether oxygens (including phenoxy) is 1. The number of hydrogen-bond acceptors (Lipinski definition) is 3. The van der Waals surface area contributed by atoms with Crippen LogP contribution < -0.4 is 15.0 Å². The van der Waals surface area contributed by atoms with Gasteiger partial charge in [-0.3, -0.25) is 9.59 Å². The standard InChI is InChI=1S/C18H18ClFN2O3/c1-12(23)22(16-6-4-3-5-14(16)20)10-9-18(24)21-15-11-13(19)7-8-17(15)25-2/h3-8,11H,9-10H2,1-2H3,(H,21,24). The van der Waals surface area contributed by atoms with Gasteiger partial charge in [0.15, 0.2) is 0 Å². The summed E-state index contributed by atoms with van der Waals surface area (Å²) in [5.74, 6) is -0.744. The lowest BCUT2D eigenvalue weighted by molar-refractivity contribution is -0.117. The molecule has 0 aromatic heterocycles. The number of halogens is 2. The number of carbonyl (C=O) groups excluding carboxylic acids is 2. The number of methoxy groups -OCH3 is 1. The number of hydrogen-bond donors (Lipinski definition) is 1. The lowest BCUT2D eigenvalue weighted by Crippen LogP contribution is -2.32. The van der Waals surface area contributed by atoms with Crippen LogP contribution in [0.5, 0.6) is 5.75 Å². The Morgan fingerprint density at radius 1 is 1.24 bits per heavy atom. The minimum absolute atomic E-state index is 0.0103. The second-order valence-corrected chi connectivity index (χ2v) is 5.70. The summed E-state index contributed by atoms with van der Waals surface area (Å²) in [7, 11) is 1.48. The molecular weight excluding hydrogens is 347 g/mol. The molecule has 7 heteroatoms. The van der Waals surface area contributed by atoms with E-state index in [4.69, 9.17) is 16.3 Å². The largest absolute Gasteiger partial charge is 0.495 e. The Hall–Kier alpha value is -2.60. The Labute approximate surface area is 150 Å². The van der Waals surface area contributed by atoms with E-state index in [1.54, 1.807) is 24.3 Å². The average molecular weight is 365 g/mol. The Kier molecular flexibility index (Phi) is 6.36. The molecule has 5 nitrogen and oxygen atoms in total. The van der Waals surface area contributed by atoms with Crippen LogP contribution in [0.25, 0.3) is 0 Å². The van der Waals surface area contributed by atoms with E-state index in [0.717, 1.165) is 0 Å². The monoisotopic (exact) mass is 364 g/mol. The van der Waals surface area contributed by atoms with Crippen LogP contribution in [0.1, 0.15) is 13.3 Å². The number of anilines is 2. The summed E-state index contributed by atoms with van der Waals surface area (Å²) in [6.45, 7) is 1.37. The molecule has 25 heavy (non-hydrogen) atoms. The van der Waals surface area contributed by atoms with Gasteiger partial charge in [-0.2, -0.15) is 0 Å². The molecule has 132 valence electrons. The van der Waals surface area contributed by atoms with Crippen LogP contribution in [-0.2, 0) is 9.59 Å². The van der Waals surface area contributed by atoms with Gasteiger partial charge >= 0.3 is 0 Å². The van der Waals surface area contributed by atoms with Gasteiger partial charge in [0.1, 0.15) is 11.6 Å². The van der Waals surface area contributed by atoms with Crippen LogP contribution in [0.15, 0.2) is 42.5 Å². The van der Waals surface area contributed by atoms with Gasteiger partial charge in [0, 0.05) is 24.9 Å². The summed E-state index contributed by atoms with van der Waals surface area (Å²) >= 11 is 5.92. The van der Waals surface area contributed by atoms with E-state index in [9.17, 15) is 14.0 Å². The van der Waals surface area contributed by atoms with Gasteiger partial charge in [-0.05, 0) is 30.3 Å². The fourth-order valence-electron chi connectivity index (χ4n) is 2.32. The summed E-state index contributed by atoms with van der Waals surface area (Å²) in [5, 5.41) is 3.13. The number of rotatable bonds is 6. The van der Waals surface area contributed by atoms with Crippen molar-refractivity contribution < 1.29 is 18.7 Å². The molecule has 2 aromatic rings. The molecule has 1 N–H and O–H groups in total. The van der Waals surface area contributed by atoms with Crippen molar-refractivity contribution in [3.8, 4) is 5.75 Å². The second-order valence-electron chi connectivity index (χ2n) is 5.26. The summed E-state index contributed by atoms with van der Waals surface area (Å²) < 4.78 is 19.1. The average Bonchev–Trinajstić information content (AvgIpc) is 2.56. The molecule has 0 aliphatic rings. The van der Waals surface area contributed by atoms with Crippen LogP contribution >= 0.6 is 11.6 Å². The van der Waals surface area contributed by atoms with Crippen LogP contribution in [0.3, 0.4) is 0 Å². The van der Waals surface area contributed by atoms with E-state index in [1.807, 2.05) is 0 Å². The number of amides is 2. The van der Waals surface area contributed by atoms with Crippen LogP contribution in [0.4, 0.5) is 15.8 Å². The fourth-order valence-corrected chi connectivity index (χ4v) is 2.49. The van der Waals surface area contributed by atoms with Crippen molar-refractivity contribution in [1.29, 1.82) is 0 Å².